The number of aromatic nitrogens is 2. The second-order valence-corrected chi connectivity index (χ2v) is 9.02. The molecule has 2 fully saturated rings. The molecule has 1 atom stereocenters. The van der Waals surface area contributed by atoms with E-state index in [1.807, 2.05) is 61.2 Å². The number of rotatable bonds is 7. The van der Waals surface area contributed by atoms with Gasteiger partial charge in [0.15, 0.2) is 5.82 Å². The summed E-state index contributed by atoms with van der Waals surface area (Å²) in [5.41, 5.74) is 1.88. The van der Waals surface area contributed by atoms with Gasteiger partial charge in [0.25, 0.3) is 0 Å². The molecule has 0 N–H and O–H groups in total. The average Bonchev–Trinajstić information content (AvgIpc) is 3.37. The Morgan fingerprint density at radius 2 is 1.82 bits per heavy atom. The molecule has 0 bridgehead atoms. The number of nitrogens with zero attached hydrogens (tertiary/aromatic N) is 5. The van der Waals surface area contributed by atoms with Crippen molar-refractivity contribution in [1.29, 1.82) is 0 Å². The summed E-state index contributed by atoms with van der Waals surface area (Å²) in [4.78, 5) is 31.4. The Bertz CT molecular complexity index is 921. The molecule has 176 valence electrons. The fourth-order valence-corrected chi connectivity index (χ4v) is 4.34. The molecule has 0 radical (unpaired) electrons. The first-order chi connectivity index (χ1) is 16.0. The van der Waals surface area contributed by atoms with Gasteiger partial charge in [-0.2, -0.15) is 0 Å². The van der Waals surface area contributed by atoms with E-state index in [0.29, 0.717) is 32.7 Å². The Morgan fingerprint density at radius 3 is 2.42 bits per heavy atom. The highest BCUT2D eigenvalue weighted by molar-refractivity contribution is 5.85. The molecule has 2 saturated heterocycles. The van der Waals surface area contributed by atoms with Crippen molar-refractivity contribution in [3.63, 3.8) is 0 Å². The van der Waals surface area contributed by atoms with Gasteiger partial charge in [-0.1, -0.05) is 44.2 Å². The van der Waals surface area contributed by atoms with E-state index in [0.717, 1.165) is 36.5 Å². The Kier molecular flexibility index (Phi) is 7.54. The number of benzene rings is 1. The lowest BCUT2D eigenvalue weighted by Crippen LogP contribution is -2.53. The molecule has 2 aliphatic heterocycles. The summed E-state index contributed by atoms with van der Waals surface area (Å²) in [6.45, 7) is 7.67. The zero-order valence-electron chi connectivity index (χ0n) is 19.5. The van der Waals surface area contributed by atoms with Crippen LogP contribution in [0, 0.1) is 5.92 Å². The quantitative estimate of drug-likeness (QED) is 0.644. The molecular weight excluding hydrogens is 418 g/mol. The maximum absolute atomic E-state index is 13.0. The van der Waals surface area contributed by atoms with Crippen LogP contribution in [0.25, 0.3) is 11.3 Å². The predicted molar refractivity (Wildman–Crippen MR) is 127 cm³/mol. The van der Waals surface area contributed by atoms with Crippen LogP contribution in [0.4, 0.5) is 5.82 Å². The molecular formula is C25H33N5O3. The van der Waals surface area contributed by atoms with Gasteiger partial charge in [-0.3, -0.25) is 9.59 Å². The van der Waals surface area contributed by atoms with Crippen molar-refractivity contribution in [3.05, 3.63) is 42.5 Å². The van der Waals surface area contributed by atoms with Crippen molar-refractivity contribution in [1.82, 2.24) is 20.0 Å². The lowest BCUT2D eigenvalue weighted by atomic mass is 10.1. The average molecular weight is 452 g/mol. The normalized spacial score (nSPS) is 18.6. The molecule has 4 rings (SSSR count). The maximum Gasteiger partial charge on any atom is 0.242 e. The highest BCUT2D eigenvalue weighted by Gasteiger charge is 2.29. The fraction of sp³-hybridized carbons (Fsp3) is 0.520. The van der Waals surface area contributed by atoms with Gasteiger partial charge in [0.1, 0.15) is 0 Å². The minimum Gasteiger partial charge on any atom is -0.376 e. The molecule has 2 aromatic rings. The highest BCUT2D eigenvalue weighted by atomic mass is 16.5. The van der Waals surface area contributed by atoms with E-state index in [-0.39, 0.29) is 30.4 Å². The fourth-order valence-electron chi connectivity index (χ4n) is 4.34. The van der Waals surface area contributed by atoms with Crippen LogP contribution in [0.5, 0.6) is 0 Å². The second-order valence-electron chi connectivity index (χ2n) is 9.02. The Hall–Kier alpha value is -3.00. The van der Waals surface area contributed by atoms with E-state index in [1.165, 1.54) is 0 Å². The monoisotopic (exact) mass is 451 g/mol. The third kappa shape index (κ3) is 5.87. The van der Waals surface area contributed by atoms with Gasteiger partial charge >= 0.3 is 0 Å². The van der Waals surface area contributed by atoms with Gasteiger partial charge in [-0.05, 0) is 25.0 Å². The first-order valence-electron chi connectivity index (χ1n) is 11.8. The summed E-state index contributed by atoms with van der Waals surface area (Å²) in [6.07, 6.45) is 1.99. The third-order valence-electron chi connectivity index (χ3n) is 6.26. The maximum atomic E-state index is 13.0. The molecule has 33 heavy (non-hydrogen) atoms. The van der Waals surface area contributed by atoms with Gasteiger partial charge in [0, 0.05) is 50.8 Å². The standard InChI is InChI=1S/C25H33N5O3/c1-19(2)25(32)30(17-21-9-6-16-33-21)18-24(31)29-14-12-28(13-15-29)23-11-10-22(26-27-23)20-7-4-3-5-8-20/h3-5,7-8,10-11,19,21H,6,9,12-18H2,1-2H3. The molecule has 1 unspecified atom stereocenters. The zero-order chi connectivity index (χ0) is 23.2. The molecule has 0 spiro atoms. The zero-order valence-corrected chi connectivity index (χ0v) is 19.5. The van der Waals surface area contributed by atoms with E-state index in [1.54, 1.807) is 4.90 Å². The van der Waals surface area contributed by atoms with Crippen LogP contribution in [-0.2, 0) is 14.3 Å². The summed E-state index contributed by atoms with van der Waals surface area (Å²) in [7, 11) is 0. The summed E-state index contributed by atoms with van der Waals surface area (Å²) < 4.78 is 5.70. The lowest BCUT2D eigenvalue weighted by molar-refractivity contribution is -0.143. The van der Waals surface area contributed by atoms with Crippen LogP contribution in [-0.4, -0.2) is 83.8 Å². The summed E-state index contributed by atoms with van der Waals surface area (Å²) >= 11 is 0. The first-order valence-corrected chi connectivity index (χ1v) is 11.8. The molecule has 1 aromatic carbocycles. The SMILES string of the molecule is CC(C)C(=O)N(CC(=O)N1CCN(c2ccc(-c3ccccc3)nn2)CC1)CC1CCCO1. The third-order valence-corrected chi connectivity index (χ3v) is 6.26. The number of amides is 2. The van der Waals surface area contributed by atoms with Gasteiger partial charge in [0.05, 0.1) is 18.3 Å². The number of carbonyl (C=O) groups is 2. The number of hydrogen-bond acceptors (Lipinski definition) is 6. The lowest BCUT2D eigenvalue weighted by Gasteiger charge is -2.36. The summed E-state index contributed by atoms with van der Waals surface area (Å²) in [6, 6.07) is 13.9. The number of anilines is 1. The van der Waals surface area contributed by atoms with E-state index in [4.69, 9.17) is 4.74 Å². The number of piperazine rings is 1. The number of carbonyl (C=O) groups excluding carboxylic acids is 2. The molecule has 2 aliphatic rings. The molecule has 3 heterocycles. The summed E-state index contributed by atoms with van der Waals surface area (Å²) in [5.74, 6) is 0.670. The van der Waals surface area contributed by atoms with Gasteiger partial charge < -0.3 is 19.4 Å². The number of hydrogen-bond donors (Lipinski definition) is 0. The minimum absolute atomic E-state index is 0.00580. The van der Waals surface area contributed by atoms with Crippen LogP contribution in [0.15, 0.2) is 42.5 Å². The van der Waals surface area contributed by atoms with Gasteiger partial charge in [0.2, 0.25) is 11.8 Å². The van der Waals surface area contributed by atoms with E-state index in [9.17, 15) is 9.59 Å². The van der Waals surface area contributed by atoms with E-state index >= 15 is 0 Å². The molecule has 0 saturated carbocycles. The van der Waals surface area contributed by atoms with E-state index in [2.05, 4.69) is 15.1 Å². The van der Waals surface area contributed by atoms with E-state index < -0.39 is 0 Å². The van der Waals surface area contributed by atoms with Crippen molar-refractivity contribution in [2.45, 2.75) is 32.8 Å². The van der Waals surface area contributed by atoms with Crippen molar-refractivity contribution in [2.24, 2.45) is 5.92 Å². The summed E-state index contributed by atoms with van der Waals surface area (Å²) in [5, 5.41) is 8.78. The molecule has 1 aromatic heterocycles. The Balaban J connectivity index is 1.31. The van der Waals surface area contributed by atoms with Gasteiger partial charge in [-0.25, -0.2) is 0 Å². The molecule has 0 aliphatic carbocycles. The van der Waals surface area contributed by atoms with Crippen molar-refractivity contribution >= 4 is 17.6 Å². The Morgan fingerprint density at radius 1 is 1.06 bits per heavy atom. The van der Waals surface area contributed by atoms with Crippen molar-refractivity contribution in [3.8, 4) is 11.3 Å². The van der Waals surface area contributed by atoms with Crippen molar-refractivity contribution < 1.29 is 14.3 Å². The second kappa shape index (κ2) is 10.7. The number of ether oxygens (including phenoxy) is 1. The Labute approximate surface area is 195 Å². The van der Waals surface area contributed by atoms with Gasteiger partial charge in [-0.15, -0.1) is 10.2 Å². The van der Waals surface area contributed by atoms with Crippen LogP contribution < -0.4 is 4.90 Å². The minimum atomic E-state index is -0.145. The first kappa shape index (κ1) is 23.2. The van der Waals surface area contributed by atoms with Crippen LogP contribution in [0.2, 0.25) is 0 Å². The molecule has 8 heteroatoms. The molecule has 8 nitrogen and oxygen atoms in total. The van der Waals surface area contributed by atoms with Crippen LogP contribution in [0.1, 0.15) is 26.7 Å². The van der Waals surface area contributed by atoms with Crippen LogP contribution in [0.3, 0.4) is 0 Å². The largest absolute Gasteiger partial charge is 0.376 e. The predicted octanol–water partition coefficient (Wildman–Crippen LogP) is 2.46. The topological polar surface area (TPSA) is 78.9 Å². The molecule has 2 amide bonds. The van der Waals surface area contributed by atoms with Crippen LogP contribution >= 0.6 is 0 Å². The smallest absolute Gasteiger partial charge is 0.242 e. The van der Waals surface area contributed by atoms with Crippen molar-refractivity contribution in [2.75, 3.05) is 50.8 Å². The highest BCUT2D eigenvalue weighted by Crippen LogP contribution is 2.19.